The Balaban J connectivity index is 1.23. The molecule has 2 heterocycles. The Morgan fingerprint density at radius 3 is 1.82 bits per heavy atom. The molecule has 49 heavy (non-hydrogen) atoms. The summed E-state index contributed by atoms with van der Waals surface area (Å²) in [5, 5.41) is 5.00. The third-order valence-corrected chi connectivity index (χ3v) is 10.4. The van der Waals surface area contributed by atoms with Gasteiger partial charge in [-0.25, -0.2) is 0 Å². The highest BCUT2D eigenvalue weighted by Gasteiger charge is 2.42. The second-order valence-corrected chi connectivity index (χ2v) is 13.5. The van der Waals surface area contributed by atoms with Gasteiger partial charge in [0.15, 0.2) is 0 Å². The normalized spacial score (nSPS) is 12.8. The van der Waals surface area contributed by atoms with Crippen LogP contribution >= 0.6 is 0 Å². The van der Waals surface area contributed by atoms with Gasteiger partial charge in [0.2, 0.25) is 0 Å². The molecule has 0 unspecified atom stereocenters. The van der Waals surface area contributed by atoms with Crippen molar-refractivity contribution in [2.24, 2.45) is 0 Å². The van der Waals surface area contributed by atoms with Gasteiger partial charge in [-0.1, -0.05) is 115 Å². The van der Waals surface area contributed by atoms with Crippen LogP contribution in [0.25, 0.3) is 43.8 Å². The van der Waals surface area contributed by atoms with Crippen LogP contribution < -0.4 is 26.0 Å². The summed E-state index contributed by atoms with van der Waals surface area (Å²) in [6, 6.07) is 57.7. The van der Waals surface area contributed by atoms with E-state index in [-0.39, 0.29) is 6.71 Å². The lowest BCUT2D eigenvalue weighted by Gasteiger charge is -2.41. The molecule has 10 rings (SSSR count). The van der Waals surface area contributed by atoms with Crippen molar-refractivity contribution in [3.8, 4) is 33.8 Å². The molecule has 8 aromatic carbocycles. The van der Waals surface area contributed by atoms with E-state index in [1.54, 1.807) is 0 Å². The van der Waals surface area contributed by atoms with Crippen LogP contribution in [0.5, 0.6) is 11.5 Å². The molecule has 0 atom stereocenters. The van der Waals surface area contributed by atoms with E-state index in [4.69, 9.17) is 4.74 Å². The minimum absolute atomic E-state index is 0.0674. The van der Waals surface area contributed by atoms with Crippen molar-refractivity contribution in [2.45, 2.75) is 13.8 Å². The van der Waals surface area contributed by atoms with Gasteiger partial charge in [-0.3, -0.25) is 0 Å². The van der Waals surface area contributed by atoms with Crippen LogP contribution in [-0.2, 0) is 0 Å². The molecule has 8 aromatic rings. The summed E-state index contributed by atoms with van der Waals surface area (Å²) in [5.74, 6) is 1.86. The van der Waals surface area contributed by atoms with Crippen LogP contribution in [0, 0.1) is 13.8 Å². The molecule has 0 saturated carbocycles. The number of hydrogen-bond acceptors (Lipinski definition) is 2. The summed E-state index contributed by atoms with van der Waals surface area (Å²) < 4.78 is 6.63. The maximum Gasteiger partial charge on any atom is 0.256 e. The van der Waals surface area contributed by atoms with Crippen LogP contribution in [0.3, 0.4) is 0 Å². The Morgan fingerprint density at radius 2 is 1.08 bits per heavy atom. The van der Waals surface area contributed by atoms with E-state index in [1.807, 2.05) is 0 Å². The number of anilines is 3. The van der Waals surface area contributed by atoms with Crippen LogP contribution in [0.4, 0.5) is 17.1 Å². The largest absolute Gasteiger partial charge is 0.458 e. The van der Waals surface area contributed by atoms with Crippen LogP contribution in [0.15, 0.2) is 158 Å². The van der Waals surface area contributed by atoms with Gasteiger partial charge < -0.3 is 9.64 Å². The number of benzene rings is 8. The third-order valence-electron chi connectivity index (χ3n) is 10.4. The molecular weight excluding hydrogens is 593 g/mol. The second kappa shape index (κ2) is 10.7. The predicted octanol–water partition coefficient (Wildman–Crippen LogP) is 10.3. The fraction of sp³-hybridized carbons (Fsp3) is 0.0435. The number of para-hydroxylation sites is 1. The van der Waals surface area contributed by atoms with E-state index >= 15 is 0 Å². The lowest BCUT2D eigenvalue weighted by atomic mass is 9.33. The molecular formula is C46H32BNO. The van der Waals surface area contributed by atoms with Gasteiger partial charge in [-0.05, 0) is 128 Å². The first-order chi connectivity index (χ1) is 24.1. The first-order valence-electron chi connectivity index (χ1n) is 17.0. The molecule has 0 radical (unpaired) electrons. The topological polar surface area (TPSA) is 12.5 Å². The zero-order chi connectivity index (χ0) is 32.6. The zero-order valence-corrected chi connectivity index (χ0v) is 27.4. The first-order valence-corrected chi connectivity index (χ1v) is 17.0. The minimum atomic E-state index is 0.0674. The SMILES string of the molecule is Cc1cc(-c2ccc3ccccc3c2)cc(N2c3cc(-c4ccc5ccccc5c4)cc(C)c3B3c4ccccc4Oc4cccc2c43)c1. The monoisotopic (exact) mass is 625 g/mol. The molecule has 0 spiro atoms. The summed E-state index contributed by atoms with van der Waals surface area (Å²) in [6.07, 6.45) is 0. The summed E-state index contributed by atoms with van der Waals surface area (Å²) in [5.41, 5.74) is 14.6. The number of hydrogen-bond donors (Lipinski definition) is 0. The molecule has 2 nitrogen and oxygen atoms in total. The molecule has 0 N–H and O–H groups in total. The highest BCUT2D eigenvalue weighted by Crippen LogP contribution is 2.44. The van der Waals surface area contributed by atoms with Crippen LogP contribution in [0.2, 0.25) is 0 Å². The van der Waals surface area contributed by atoms with Crippen LogP contribution in [-0.4, -0.2) is 6.71 Å². The summed E-state index contributed by atoms with van der Waals surface area (Å²) in [6.45, 7) is 4.56. The molecule has 0 amide bonds. The van der Waals surface area contributed by atoms with Gasteiger partial charge in [0.05, 0.1) is 0 Å². The van der Waals surface area contributed by atoms with Gasteiger partial charge in [0.1, 0.15) is 11.5 Å². The van der Waals surface area contributed by atoms with E-state index in [0.717, 1.165) is 22.9 Å². The van der Waals surface area contributed by atoms with E-state index < -0.39 is 0 Å². The Hall–Kier alpha value is -6.06. The summed E-state index contributed by atoms with van der Waals surface area (Å²) in [7, 11) is 0. The Kier molecular flexibility index (Phi) is 6.13. The quantitative estimate of drug-likeness (QED) is 0.181. The van der Waals surface area contributed by atoms with Gasteiger partial charge in [0, 0.05) is 17.1 Å². The molecule has 2 aliphatic rings. The molecule has 3 heteroatoms. The zero-order valence-electron chi connectivity index (χ0n) is 27.4. The number of ether oxygens (including phenoxy) is 1. The van der Waals surface area contributed by atoms with E-state index in [9.17, 15) is 0 Å². The van der Waals surface area contributed by atoms with Crippen molar-refractivity contribution in [3.63, 3.8) is 0 Å². The Morgan fingerprint density at radius 1 is 0.449 bits per heavy atom. The first kappa shape index (κ1) is 28.0. The van der Waals surface area contributed by atoms with E-state index in [0.29, 0.717) is 0 Å². The van der Waals surface area contributed by atoms with Crippen molar-refractivity contribution in [1.82, 2.24) is 0 Å². The van der Waals surface area contributed by atoms with Gasteiger partial charge >= 0.3 is 0 Å². The maximum absolute atomic E-state index is 6.63. The predicted molar refractivity (Wildman–Crippen MR) is 208 cm³/mol. The fourth-order valence-electron chi connectivity index (χ4n) is 8.20. The molecule has 230 valence electrons. The van der Waals surface area contributed by atoms with Crippen molar-refractivity contribution < 1.29 is 4.74 Å². The Bertz CT molecular complexity index is 2640. The minimum Gasteiger partial charge on any atom is -0.458 e. The van der Waals surface area contributed by atoms with Gasteiger partial charge in [-0.2, -0.15) is 0 Å². The highest BCUT2D eigenvalue weighted by atomic mass is 16.5. The number of fused-ring (bicyclic) bond motifs is 6. The van der Waals surface area contributed by atoms with Crippen molar-refractivity contribution in [3.05, 3.63) is 169 Å². The van der Waals surface area contributed by atoms with E-state index in [2.05, 4.69) is 176 Å². The number of nitrogens with zero attached hydrogens (tertiary/aromatic N) is 1. The van der Waals surface area contributed by atoms with Gasteiger partial charge in [0.25, 0.3) is 6.71 Å². The molecule has 0 bridgehead atoms. The van der Waals surface area contributed by atoms with Crippen molar-refractivity contribution in [1.29, 1.82) is 0 Å². The summed E-state index contributed by atoms with van der Waals surface area (Å²) in [4.78, 5) is 2.48. The Labute approximate surface area is 286 Å². The highest BCUT2D eigenvalue weighted by molar-refractivity contribution is 6.99. The standard InChI is InChI=1S/C46H32BNO/c1-29-22-37(35-20-18-31-10-3-5-12-33(31)25-35)27-39(23-29)48-41-15-9-17-44-46(41)47(40-14-7-8-16-43(40)49-44)45-30(2)24-38(28-42(45)48)36-21-19-32-11-4-6-13-34(32)26-36/h3-28H,1-2H3. The van der Waals surface area contributed by atoms with Crippen LogP contribution in [0.1, 0.15) is 11.1 Å². The smallest absolute Gasteiger partial charge is 0.256 e. The van der Waals surface area contributed by atoms with E-state index in [1.165, 1.54) is 77.0 Å². The molecule has 2 aliphatic heterocycles. The average molecular weight is 626 g/mol. The molecule has 0 fully saturated rings. The van der Waals surface area contributed by atoms with Crippen molar-refractivity contribution in [2.75, 3.05) is 4.90 Å². The maximum atomic E-state index is 6.63. The fourth-order valence-corrected chi connectivity index (χ4v) is 8.20. The second-order valence-electron chi connectivity index (χ2n) is 13.5. The number of aryl methyl sites for hydroxylation is 2. The average Bonchev–Trinajstić information content (AvgIpc) is 3.14. The lowest BCUT2D eigenvalue weighted by Crippen LogP contribution is -2.60. The molecule has 0 saturated heterocycles. The molecule has 0 aliphatic carbocycles. The number of rotatable bonds is 3. The lowest BCUT2D eigenvalue weighted by molar-refractivity contribution is 0.487. The van der Waals surface area contributed by atoms with Gasteiger partial charge in [-0.15, -0.1) is 0 Å². The molecule has 0 aromatic heterocycles. The third kappa shape index (κ3) is 4.43. The summed E-state index contributed by atoms with van der Waals surface area (Å²) >= 11 is 0. The van der Waals surface area contributed by atoms with Crippen molar-refractivity contribution >= 4 is 61.7 Å².